The largest absolute Gasteiger partial charge is 0.458 e. The van der Waals surface area contributed by atoms with Crippen LogP contribution < -0.4 is 5.56 Å². The monoisotopic (exact) mass is 390 g/mol. The van der Waals surface area contributed by atoms with E-state index in [1.165, 1.54) is 0 Å². The summed E-state index contributed by atoms with van der Waals surface area (Å²) in [4.78, 5) is 30.4. The Labute approximate surface area is 165 Å². The van der Waals surface area contributed by atoms with Gasteiger partial charge in [-0.1, -0.05) is 19.1 Å². The van der Waals surface area contributed by atoms with Crippen molar-refractivity contribution in [1.29, 1.82) is 0 Å². The van der Waals surface area contributed by atoms with Gasteiger partial charge in [0.15, 0.2) is 5.60 Å². The number of fused-ring (bicyclic) bond motifs is 5. The van der Waals surface area contributed by atoms with E-state index in [0.29, 0.717) is 42.3 Å². The highest BCUT2D eigenvalue weighted by atomic mass is 16.6. The van der Waals surface area contributed by atoms with E-state index in [1.807, 2.05) is 18.2 Å². The van der Waals surface area contributed by atoms with Gasteiger partial charge in [-0.25, -0.2) is 9.78 Å². The number of hydrogen-bond acceptors (Lipinski definition) is 6. The zero-order valence-electron chi connectivity index (χ0n) is 15.8. The lowest BCUT2D eigenvalue weighted by atomic mass is 9.86. The van der Waals surface area contributed by atoms with Crippen molar-refractivity contribution in [2.45, 2.75) is 45.3 Å². The number of pyridine rings is 2. The van der Waals surface area contributed by atoms with Gasteiger partial charge in [0.1, 0.15) is 6.61 Å². The van der Waals surface area contributed by atoms with Crippen molar-refractivity contribution in [2.75, 3.05) is 0 Å². The Morgan fingerprint density at radius 3 is 2.86 bits per heavy atom. The molecule has 0 saturated heterocycles. The summed E-state index contributed by atoms with van der Waals surface area (Å²) in [6.07, 6.45) is 0.127. The van der Waals surface area contributed by atoms with E-state index in [9.17, 15) is 14.7 Å². The number of benzene rings is 1. The highest BCUT2D eigenvalue weighted by Gasteiger charge is 2.45. The van der Waals surface area contributed by atoms with Gasteiger partial charge in [-0.15, -0.1) is 0 Å². The van der Waals surface area contributed by atoms with Gasteiger partial charge in [-0.05, 0) is 29.7 Å². The molecule has 146 valence electrons. The molecule has 0 bridgehead atoms. The number of hydrogen-bond donors (Lipinski definition) is 1. The molecular formula is C22H18N2O5. The Morgan fingerprint density at radius 1 is 1.17 bits per heavy atom. The molecular weight excluding hydrogens is 372 g/mol. The van der Waals surface area contributed by atoms with Crippen LogP contribution in [0.5, 0.6) is 0 Å². The molecule has 0 saturated carbocycles. The number of nitrogens with zero attached hydrogens (tertiary/aromatic N) is 2. The topological polar surface area (TPSA) is 90.7 Å². The number of esters is 1. The van der Waals surface area contributed by atoms with Gasteiger partial charge < -0.3 is 19.1 Å². The normalized spacial score (nSPS) is 21.5. The fraction of sp³-hybridized carbons (Fsp3) is 0.318. The number of carbonyl (C=O) groups is 1. The average Bonchev–Trinajstić information content (AvgIpc) is 3.11. The van der Waals surface area contributed by atoms with Gasteiger partial charge in [-0.3, -0.25) is 4.79 Å². The van der Waals surface area contributed by atoms with Crippen LogP contribution in [0.4, 0.5) is 0 Å². The summed E-state index contributed by atoms with van der Waals surface area (Å²) in [7, 11) is 0. The second kappa shape index (κ2) is 5.52. The number of carbonyl (C=O) groups excluding carboxylic acids is 1. The van der Waals surface area contributed by atoms with Gasteiger partial charge in [0.25, 0.3) is 5.56 Å². The number of aromatic nitrogens is 2. The quantitative estimate of drug-likeness (QED) is 0.501. The van der Waals surface area contributed by atoms with Crippen molar-refractivity contribution in [3.8, 4) is 11.4 Å². The molecule has 7 nitrogen and oxygen atoms in total. The van der Waals surface area contributed by atoms with Crippen molar-refractivity contribution < 1.29 is 19.4 Å². The van der Waals surface area contributed by atoms with Crippen LogP contribution in [0.2, 0.25) is 0 Å². The maximum Gasteiger partial charge on any atom is 0.343 e. The smallest absolute Gasteiger partial charge is 0.343 e. The summed E-state index contributed by atoms with van der Waals surface area (Å²) in [5.74, 6) is -0.713. The third kappa shape index (κ3) is 2.01. The van der Waals surface area contributed by atoms with E-state index in [0.717, 1.165) is 27.6 Å². The number of aliphatic hydroxyl groups is 1. The number of cyclic esters (lactones) is 1. The molecule has 0 radical (unpaired) electrons. The Morgan fingerprint density at radius 2 is 2.03 bits per heavy atom. The van der Waals surface area contributed by atoms with Crippen LogP contribution in [0.25, 0.3) is 22.3 Å². The third-order valence-electron chi connectivity index (χ3n) is 6.42. The van der Waals surface area contributed by atoms with Crippen molar-refractivity contribution in [1.82, 2.24) is 9.55 Å². The molecule has 2 aromatic heterocycles. The van der Waals surface area contributed by atoms with E-state index < -0.39 is 11.6 Å². The standard InChI is InChI=1S/C22H18N2O5/c1-2-22(27)15-6-17-19-12(7-24(17)20(25)14(15)10-29-21(22)26)13-9-28-8-11-4-3-5-16(23-19)18(11)13/h3-6,27H,2,7-10H2,1H3/t22-/m0/s1. The zero-order valence-corrected chi connectivity index (χ0v) is 15.8. The first-order valence-electron chi connectivity index (χ1n) is 9.71. The summed E-state index contributed by atoms with van der Waals surface area (Å²) in [5, 5.41) is 12.1. The summed E-state index contributed by atoms with van der Waals surface area (Å²) < 4.78 is 12.6. The van der Waals surface area contributed by atoms with E-state index in [-0.39, 0.29) is 18.6 Å². The van der Waals surface area contributed by atoms with E-state index in [1.54, 1.807) is 17.6 Å². The molecule has 1 atom stereocenters. The van der Waals surface area contributed by atoms with Crippen molar-refractivity contribution >= 4 is 16.9 Å². The van der Waals surface area contributed by atoms with Crippen LogP contribution in [0.1, 0.15) is 41.2 Å². The molecule has 29 heavy (non-hydrogen) atoms. The maximum atomic E-state index is 13.3. The van der Waals surface area contributed by atoms with Crippen LogP contribution in [0, 0.1) is 0 Å². The molecule has 0 unspecified atom stereocenters. The second-order valence-electron chi connectivity index (χ2n) is 7.82. The maximum absolute atomic E-state index is 13.3. The van der Waals surface area contributed by atoms with Crippen molar-refractivity contribution in [3.05, 3.63) is 62.4 Å². The summed E-state index contributed by atoms with van der Waals surface area (Å²) >= 11 is 0. The molecule has 0 spiro atoms. The SMILES string of the molecule is CC[C@@]1(O)C(=O)OCc2c1cc1n(c2=O)Cc2c-1nc1cccc3c1c2COC3. The molecule has 3 aliphatic rings. The van der Waals surface area contributed by atoms with Gasteiger partial charge in [0.05, 0.1) is 42.2 Å². The molecule has 6 rings (SSSR count). The minimum absolute atomic E-state index is 0.124. The molecule has 1 aromatic carbocycles. The van der Waals surface area contributed by atoms with Crippen LogP contribution in [0.3, 0.4) is 0 Å². The van der Waals surface area contributed by atoms with Crippen molar-refractivity contribution in [2.24, 2.45) is 0 Å². The first-order chi connectivity index (χ1) is 14.0. The molecule has 1 N–H and O–H groups in total. The summed E-state index contributed by atoms with van der Waals surface area (Å²) in [6, 6.07) is 7.70. The molecule has 3 aliphatic heterocycles. The summed E-state index contributed by atoms with van der Waals surface area (Å²) in [6.45, 7) is 2.99. The minimum atomic E-state index is -1.81. The Kier molecular flexibility index (Phi) is 3.21. The van der Waals surface area contributed by atoms with Crippen molar-refractivity contribution in [3.63, 3.8) is 0 Å². The highest BCUT2D eigenvalue weighted by molar-refractivity contribution is 5.91. The second-order valence-corrected chi connectivity index (χ2v) is 7.82. The average molecular weight is 390 g/mol. The molecule has 0 amide bonds. The fourth-order valence-corrected chi connectivity index (χ4v) is 4.85. The molecule has 0 fully saturated rings. The zero-order chi connectivity index (χ0) is 19.9. The number of ether oxygens (including phenoxy) is 2. The van der Waals surface area contributed by atoms with Gasteiger partial charge in [0, 0.05) is 16.5 Å². The number of rotatable bonds is 1. The lowest BCUT2D eigenvalue weighted by Gasteiger charge is -2.31. The van der Waals surface area contributed by atoms with Crippen LogP contribution >= 0.6 is 0 Å². The van der Waals surface area contributed by atoms with E-state index in [2.05, 4.69) is 0 Å². The van der Waals surface area contributed by atoms with E-state index >= 15 is 0 Å². The van der Waals surface area contributed by atoms with E-state index in [4.69, 9.17) is 14.5 Å². The predicted molar refractivity (Wildman–Crippen MR) is 103 cm³/mol. The molecule has 3 aromatic rings. The minimum Gasteiger partial charge on any atom is -0.458 e. The molecule has 5 heterocycles. The van der Waals surface area contributed by atoms with Crippen LogP contribution in [-0.2, 0) is 46.2 Å². The Hall–Kier alpha value is -3.03. The lowest BCUT2D eigenvalue weighted by molar-refractivity contribution is -0.172. The first kappa shape index (κ1) is 16.9. The fourth-order valence-electron chi connectivity index (χ4n) is 4.85. The van der Waals surface area contributed by atoms with Crippen LogP contribution in [-0.4, -0.2) is 20.6 Å². The van der Waals surface area contributed by atoms with Gasteiger partial charge in [-0.2, -0.15) is 0 Å². The Balaban J connectivity index is 1.68. The Bertz CT molecular complexity index is 1310. The molecule has 0 aliphatic carbocycles. The van der Waals surface area contributed by atoms with Gasteiger partial charge in [0.2, 0.25) is 0 Å². The third-order valence-corrected chi connectivity index (χ3v) is 6.42. The lowest BCUT2D eigenvalue weighted by Crippen LogP contribution is -2.44. The molecule has 7 heteroatoms. The first-order valence-corrected chi connectivity index (χ1v) is 9.71. The predicted octanol–water partition coefficient (Wildman–Crippen LogP) is 2.11. The highest BCUT2D eigenvalue weighted by Crippen LogP contribution is 2.41. The van der Waals surface area contributed by atoms with Crippen LogP contribution in [0.15, 0.2) is 29.1 Å². The van der Waals surface area contributed by atoms with Gasteiger partial charge >= 0.3 is 5.97 Å². The summed E-state index contributed by atoms with van der Waals surface area (Å²) in [5.41, 5.74) is 3.94.